The van der Waals surface area contributed by atoms with Gasteiger partial charge in [-0.05, 0) is 12.5 Å². The predicted molar refractivity (Wildman–Crippen MR) is 87.3 cm³/mol. The van der Waals surface area contributed by atoms with Gasteiger partial charge in [0.1, 0.15) is 5.75 Å². The number of benzene rings is 1. The highest BCUT2D eigenvalue weighted by molar-refractivity contribution is 5.36. The minimum atomic E-state index is 0.237. The van der Waals surface area contributed by atoms with Gasteiger partial charge in [-0.15, -0.1) is 0 Å². The van der Waals surface area contributed by atoms with Gasteiger partial charge in [-0.25, -0.2) is 0 Å². The number of rotatable bonds is 6. The highest BCUT2D eigenvalue weighted by atomic mass is 16.5. The maximum Gasteiger partial charge on any atom is 0.240 e. The molecule has 1 aliphatic heterocycles. The molecule has 1 aromatic heterocycles. The molecule has 0 bridgehead atoms. The molecule has 3 rings (SSSR count). The summed E-state index contributed by atoms with van der Waals surface area (Å²) >= 11 is 0. The van der Waals surface area contributed by atoms with Crippen molar-refractivity contribution in [3.63, 3.8) is 0 Å². The number of nitrogens with one attached hydrogen (secondary N) is 1. The van der Waals surface area contributed by atoms with Gasteiger partial charge < -0.3 is 14.6 Å². The van der Waals surface area contributed by atoms with Crippen LogP contribution in [-0.4, -0.2) is 41.8 Å². The van der Waals surface area contributed by atoms with Crippen LogP contribution < -0.4 is 10.1 Å². The van der Waals surface area contributed by atoms with Gasteiger partial charge in [0.2, 0.25) is 5.89 Å². The number of para-hydroxylation sites is 1. The molecule has 1 aliphatic rings. The Morgan fingerprint density at radius 1 is 1.39 bits per heavy atom. The SMILES string of the molecule is CCCc1noc(CN2CCNCC2c2ccccc2OC)n1. The van der Waals surface area contributed by atoms with Crippen molar-refractivity contribution in [1.82, 2.24) is 20.4 Å². The normalized spacial score (nSPS) is 19.0. The van der Waals surface area contributed by atoms with Crippen LogP contribution in [0.3, 0.4) is 0 Å². The van der Waals surface area contributed by atoms with Gasteiger partial charge in [0, 0.05) is 31.6 Å². The van der Waals surface area contributed by atoms with Crippen molar-refractivity contribution in [2.24, 2.45) is 0 Å². The Kier molecular flexibility index (Phi) is 5.25. The van der Waals surface area contributed by atoms with Gasteiger partial charge in [-0.1, -0.05) is 30.3 Å². The van der Waals surface area contributed by atoms with Crippen LogP contribution in [0.4, 0.5) is 0 Å². The number of methoxy groups -OCH3 is 1. The fourth-order valence-corrected chi connectivity index (χ4v) is 3.04. The lowest BCUT2D eigenvalue weighted by molar-refractivity contribution is 0.133. The maximum atomic E-state index is 5.53. The Balaban J connectivity index is 1.78. The highest BCUT2D eigenvalue weighted by Gasteiger charge is 2.27. The van der Waals surface area contributed by atoms with E-state index in [9.17, 15) is 0 Å². The first kappa shape index (κ1) is 16.0. The van der Waals surface area contributed by atoms with E-state index in [4.69, 9.17) is 9.26 Å². The molecule has 1 fully saturated rings. The summed E-state index contributed by atoms with van der Waals surface area (Å²) in [5, 5.41) is 7.51. The van der Waals surface area contributed by atoms with Gasteiger partial charge in [-0.2, -0.15) is 4.98 Å². The van der Waals surface area contributed by atoms with Crippen molar-refractivity contribution in [3.8, 4) is 5.75 Å². The molecule has 1 N–H and O–H groups in total. The molecule has 0 saturated carbocycles. The number of hydrogen-bond acceptors (Lipinski definition) is 6. The van der Waals surface area contributed by atoms with Crippen LogP contribution in [-0.2, 0) is 13.0 Å². The standard InChI is InChI=1S/C17H24N4O2/c1-3-6-16-19-17(23-20-16)12-21-10-9-18-11-14(21)13-7-4-5-8-15(13)22-2/h4-5,7-8,14,18H,3,6,9-12H2,1-2H3. The number of ether oxygens (including phenoxy) is 1. The third kappa shape index (κ3) is 3.71. The molecule has 1 aromatic carbocycles. The van der Waals surface area contributed by atoms with Crippen molar-refractivity contribution in [2.45, 2.75) is 32.4 Å². The van der Waals surface area contributed by atoms with Crippen molar-refractivity contribution < 1.29 is 9.26 Å². The summed E-state index contributed by atoms with van der Waals surface area (Å²) < 4.78 is 10.9. The third-order valence-corrected chi connectivity index (χ3v) is 4.17. The molecule has 1 saturated heterocycles. The van der Waals surface area contributed by atoms with Crippen LogP contribution in [0.15, 0.2) is 28.8 Å². The zero-order valence-corrected chi connectivity index (χ0v) is 13.8. The second-order valence-corrected chi connectivity index (χ2v) is 5.79. The van der Waals surface area contributed by atoms with E-state index in [-0.39, 0.29) is 6.04 Å². The van der Waals surface area contributed by atoms with E-state index < -0.39 is 0 Å². The maximum absolute atomic E-state index is 5.53. The predicted octanol–water partition coefficient (Wildman–Crippen LogP) is 2.18. The van der Waals surface area contributed by atoms with Gasteiger partial charge in [0.25, 0.3) is 0 Å². The van der Waals surface area contributed by atoms with E-state index in [0.717, 1.165) is 44.0 Å². The molecule has 1 atom stereocenters. The fourth-order valence-electron chi connectivity index (χ4n) is 3.04. The average Bonchev–Trinajstić information content (AvgIpc) is 3.03. The number of aryl methyl sites for hydroxylation is 1. The smallest absolute Gasteiger partial charge is 0.240 e. The van der Waals surface area contributed by atoms with Gasteiger partial charge in [0.05, 0.1) is 19.7 Å². The van der Waals surface area contributed by atoms with Crippen LogP contribution in [0.25, 0.3) is 0 Å². The van der Waals surface area contributed by atoms with E-state index in [1.165, 1.54) is 5.56 Å². The molecular weight excluding hydrogens is 292 g/mol. The zero-order valence-electron chi connectivity index (χ0n) is 13.8. The van der Waals surface area contributed by atoms with Gasteiger partial charge in [0.15, 0.2) is 5.82 Å². The molecule has 6 nitrogen and oxygen atoms in total. The van der Waals surface area contributed by atoms with E-state index in [1.54, 1.807) is 7.11 Å². The number of nitrogens with zero attached hydrogens (tertiary/aromatic N) is 3. The lowest BCUT2D eigenvalue weighted by Crippen LogP contribution is -2.45. The first-order chi connectivity index (χ1) is 11.3. The Hall–Kier alpha value is -1.92. The fraction of sp³-hybridized carbons (Fsp3) is 0.529. The quantitative estimate of drug-likeness (QED) is 0.881. The monoisotopic (exact) mass is 316 g/mol. The van der Waals surface area contributed by atoms with E-state index in [0.29, 0.717) is 12.4 Å². The topological polar surface area (TPSA) is 63.4 Å². The van der Waals surface area contributed by atoms with Crippen molar-refractivity contribution in [1.29, 1.82) is 0 Å². The van der Waals surface area contributed by atoms with Crippen LogP contribution in [0, 0.1) is 0 Å². The second kappa shape index (κ2) is 7.57. The molecule has 23 heavy (non-hydrogen) atoms. The first-order valence-corrected chi connectivity index (χ1v) is 8.21. The number of hydrogen-bond donors (Lipinski definition) is 1. The lowest BCUT2D eigenvalue weighted by atomic mass is 10.0. The first-order valence-electron chi connectivity index (χ1n) is 8.21. The Labute approximate surface area is 136 Å². The minimum Gasteiger partial charge on any atom is -0.496 e. The summed E-state index contributed by atoms with van der Waals surface area (Å²) in [6.07, 6.45) is 1.89. The number of aromatic nitrogens is 2. The molecule has 1 unspecified atom stereocenters. The van der Waals surface area contributed by atoms with E-state index in [2.05, 4.69) is 39.4 Å². The summed E-state index contributed by atoms with van der Waals surface area (Å²) in [6, 6.07) is 8.42. The van der Waals surface area contributed by atoms with Crippen LogP contribution in [0.1, 0.15) is 36.7 Å². The van der Waals surface area contributed by atoms with E-state index >= 15 is 0 Å². The molecule has 124 valence electrons. The Morgan fingerprint density at radius 3 is 3.09 bits per heavy atom. The molecule has 0 spiro atoms. The van der Waals surface area contributed by atoms with Crippen molar-refractivity contribution in [2.75, 3.05) is 26.7 Å². The summed E-state index contributed by atoms with van der Waals surface area (Å²) in [7, 11) is 1.72. The summed E-state index contributed by atoms with van der Waals surface area (Å²) in [6.45, 7) is 5.57. The minimum absolute atomic E-state index is 0.237. The highest BCUT2D eigenvalue weighted by Crippen LogP contribution is 2.30. The van der Waals surface area contributed by atoms with E-state index in [1.807, 2.05) is 12.1 Å². The largest absolute Gasteiger partial charge is 0.496 e. The molecular formula is C17H24N4O2. The molecule has 2 aromatic rings. The Morgan fingerprint density at radius 2 is 2.26 bits per heavy atom. The van der Waals surface area contributed by atoms with Gasteiger partial charge >= 0.3 is 0 Å². The van der Waals surface area contributed by atoms with Gasteiger partial charge in [-0.3, -0.25) is 4.90 Å². The summed E-state index contributed by atoms with van der Waals surface area (Å²) in [5.74, 6) is 2.41. The van der Waals surface area contributed by atoms with Crippen LogP contribution in [0.2, 0.25) is 0 Å². The second-order valence-electron chi connectivity index (χ2n) is 5.79. The molecule has 2 heterocycles. The number of piperazine rings is 1. The summed E-state index contributed by atoms with van der Waals surface area (Å²) in [5.41, 5.74) is 1.19. The Bertz CT molecular complexity index is 629. The molecule has 6 heteroatoms. The van der Waals surface area contributed by atoms with Crippen LogP contribution in [0.5, 0.6) is 5.75 Å². The molecule has 0 aliphatic carbocycles. The zero-order chi connectivity index (χ0) is 16.1. The third-order valence-electron chi connectivity index (χ3n) is 4.17. The van der Waals surface area contributed by atoms with Crippen LogP contribution >= 0.6 is 0 Å². The average molecular weight is 316 g/mol. The van der Waals surface area contributed by atoms with Crippen molar-refractivity contribution in [3.05, 3.63) is 41.5 Å². The molecule has 0 amide bonds. The lowest BCUT2D eigenvalue weighted by Gasteiger charge is -2.36. The van der Waals surface area contributed by atoms with Crippen molar-refractivity contribution >= 4 is 0 Å². The molecule has 0 radical (unpaired) electrons. The summed E-state index contributed by atoms with van der Waals surface area (Å²) in [4.78, 5) is 6.87.